The maximum Gasteiger partial charge on any atom is 0.191 e. The molecule has 1 fully saturated rings. The third-order valence-electron chi connectivity index (χ3n) is 3.30. The number of rotatable bonds is 5. The van der Waals surface area contributed by atoms with Crippen LogP contribution in [-0.2, 0) is 6.42 Å². The Morgan fingerprint density at radius 1 is 1.45 bits per heavy atom. The van der Waals surface area contributed by atoms with Crippen LogP contribution in [0, 0.1) is 6.92 Å². The topological polar surface area (TPSA) is 49.3 Å². The minimum Gasteiger partial charge on any atom is -0.357 e. The molecule has 0 atom stereocenters. The zero-order chi connectivity index (χ0) is 13.5. The van der Waals surface area contributed by atoms with Crippen LogP contribution < -0.4 is 10.6 Å². The first-order valence-corrected chi connectivity index (χ1v) is 8.05. The average Bonchev–Trinajstić information content (AvgIpc) is 3.01. The maximum absolute atomic E-state index is 4.64. The average molecular weight is 408 g/mol. The molecule has 0 aliphatic heterocycles. The zero-order valence-electron chi connectivity index (χ0n) is 12.3. The Bertz CT molecular complexity index is 413. The van der Waals surface area contributed by atoms with Gasteiger partial charge in [-0.1, -0.05) is 12.8 Å². The van der Waals surface area contributed by atoms with Gasteiger partial charge in [0, 0.05) is 36.6 Å². The van der Waals surface area contributed by atoms with Crippen molar-refractivity contribution in [1.29, 1.82) is 0 Å². The number of nitrogens with one attached hydrogen (secondary N) is 2. The third kappa shape index (κ3) is 5.95. The number of halogens is 1. The van der Waals surface area contributed by atoms with Gasteiger partial charge >= 0.3 is 0 Å². The normalized spacial score (nSPS) is 16.0. The van der Waals surface area contributed by atoms with Crippen molar-refractivity contribution in [2.75, 3.05) is 13.1 Å². The lowest BCUT2D eigenvalue weighted by molar-refractivity contribution is 0.614. The highest BCUT2D eigenvalue weighted by atomic mass is 127. The molecule has 20 heavy (non-hydrogen) atoms. The summed E-state index contributed by atoms with van der Waals surface area (Å²) < 4.78 is 0. The summed E-state index contributed by atoms with van der Waals surface area (Å²) in [4.78, 5) is 10.3. The van der Waals surface area contributed by atoms with Crippen LogP contribution in [0.2, 0.25) is 0 Å². The second kappa shape index (κ2) is 9.55. The summed E-state index contributed by atoms with van der Waals surface area (Å²) in [6, 6.07) is 0.611. The van der Waals surface area contributed by atoms with Crippen molar-refractivity contribution >= 4 is 41.3 Å². The first-order chi connectivity index (χ1) is 9.28. The Labute approximate surface area is 142 Å². The van der Waals surface area contributed by atoms with Crippen LogP contribution in [0.15, 0.2) is 11.2 Å². The van der Waals surface area contributed by atoms with E-state index in [9.17, 15) is 0 Å². The van der Waals surface area contributed by atoms with E-state index >= 15 is 0 Å². The molecule has 114 valence electrons. The van der Waals surface area contributed by atoms with Crippen LogP contribution in [0.4, 0.5) is 0 Å². The molecule has 1 aromatic rings. The van der Waals surface area contributed by atoms with E-state index in [0.717, 1.165) is 25.5 Å². The Hall–Kier alpha value is -0.370. The highest BCUT2D eigenvalue weighted by molar-refractivity contribution is 14.0. The third-order valence-corrected chi connectivity index (χ3v) is 4.28. The number of aliphatic imine (C=N–C) groups is 1. The van der Waals surface area contributed by atoms with Crippen molar-refractivity contribution in [2.45, 2.75) is 52.0 Å². The summed E-state index contributed by atoms with van der Waals surface area (Å²) in [5.74, 6) is 0.961. The van der Waals surface area contributed by atoms with Gasteiger partial charge in [0.05, 0.1) is 5.01 Å². The summed E-state index contributed by atoms with van der Waals surface area (Å²) >= 11 is 1.76. The molecule has 6 heteroatoms. The second-order valence-electron chi connectivity index (χ2n) is 5.00. The summed E-state index contributed by atoms with van der Waals surface area (Å²) in [6.07, 6.45) is 8.10. The van der Waals surface area contributed by atoms with E-state index in [-0.39, 0.29) is 24.0 Å². The molecule has 1 aliphatic rings. The summed E-state index contributed by atoms with van der Waals surface area (Å²) in [5, 5.41) is 8.03. The Morgan fingerprint density at radius 3 is 2.80 bits per heavy atom. The Morgan fingerprint density at radius 2 is 2.20 bits per heavy atom. The van der Waals surface area contributed by atoms with E-state index in [4.69, 9.17) is 0 Å². The molecule has 2 N–H and O–H groups in total. The number of aromatic nitrogens is 1. The van der Waals surface area contributed by atoms with E-state index < -0.39 is 0 Å². The Kier molecular flexibility index (Phi) is 8.44. The molecule has 1 aliphatic carbocycles. The minimum absolute atomic E-state index is 0. The highest BCUT2D eigenvalue weighted by Crippen LogP contribution is 2.17. The van der Waals surface area contributed by atoms with Crippen molar-refractivity contribution in [3.8, 4) is 0 Å². The maximum atomic E-state index is 4.64. The number of hydrogen-bond acceptors (Lipinski definition) is 3. The van der Waals surface area contributed by atoms with E-state index in [0.29, 0.717) is 6.04 Å². The predicted octanol–water partition coefficient (Wildman–Crippen LogP) is 3.11. The molecule has 2 rings (SSSR count). The van der Waals surface area contributed by atoms with Gasteiger partial charge < -0.3 is 10.6 Å². The minimum atomic E-state index is 0. The summed E-state index contributed by atoms with van der Waals surface area (Å²) in [6.45, 7) is 5.91. The molecule has 0 bridgehead atoms. The van der Waals surface area contributed by atoms with Gasteiger partial charge in [-0.15, -0.1) is 35.3 Å². The first kappa shape index (κ1) is 17.7. The number of guanidine groups is 1. The van der Waals surface area contributed by atoms with E-state index in [1.165, 1.54) is 35.6 Å². The van der Waals surface area contributed by atoms with Gasteiger partial charge in [0.25, 0.3) is 0 Å². The van der Waals surface area contributed by atoms with Gasteiger partial charge in [0.2, 0.25) is 0 Å². The van der Waals surface area contributed by atoms with E-state index in [2.05, 4.69) is 34.5 Å². The van der Waals surface area contributed by atoms with Crippen LogP contribution in [0.3, 0.4) is 0 Å². The fourth-order valence-corrected chi connectivity index (χ4v) is 3.14. The van der Waals surface area contributed by atoms with Gasteiger partial charge in [-0.25, -0.2) is 4.98 Å². The fourth-order valence-electron chi connectivity index (χ4n) is 2.36. The molecule has 0 amide bonds. The SMILES string of the molecule is CCNC(=NCCc1ncc(C)s1)NC1CCCC1.I. The molecule has 4 nitrogen and oxygen atoms in total. The quantitative estimate of drug-likeness (QED) is 0.447. The van der Waals surface area contributed by atoms with Crippen molar-refractivity contribution in [3.05, 3.63) is 16.1 Å². The molecule has 0 unspecified atom stereocenters. The number of hydrogen-bond donors (Lipinski definition) is 2. The lowest BCUT2D eigenvalue weighted by Gasteiger charge is -2.16. The van der Waals surface area contributed by atoms with Gasteiger partial charge in [0.15, 0.2) is 5.96 Å². The van der Waals surface area contributed by atoms with Crippen LogP contribution >= 0.6 is 35.3 Å². The van der Waals surface area contributed by atoms with Crippen LogP contribution in [0.5, 0.6) is 0 Å². The molecule has 1 saturated carbocycles. The van der Waals surface area contributed by atoms with Crippen molar-refractivity contribution in [2.24, 2.45) is 4.99 Å². The van der Waals surface area contributed by atoms with Crippen LogP contribution in [-0.4, -0.2) is 30.1 Å². The molecule has 0 aromatic carbocycles. The number of aryl methyl sites for hydroxylation is 1. The number of thiazole rings is 1. The molecule has 1 heterocycles. The van der Waals surface area contributed by atoms with Gasteiger partial charge in [-0.3, -0.25) is 4.99 Å². The van der Waals surface area contributed by atoms with Gasteiger partial charge in [-0.05, 0) is 26.7 Å². The molecular weight excluding hydrogens is 383 g/mol. The monoisotopic (exact) mass is 408 g/mol. The summed E-state index contributed by atoms with van der Waals surface area (Å²) in [7, 11) is 0. The number of nitrogens with zero attached hydrogens (tertiary/aromatic N) is 2. The molecule has 0 saturated heterocycles. The first-order valence-electron chi connectivity index (χ1n) is 7.24. The van der Waals surface area contributed by atoms with E-state index in [1.807, 2.05) is 6.20 Å². The van der Waals surface area contributed by atoms with Gasteiger partial charge in [0.1, 0.15) is 0 Å². The van der Waals surface area contributed by atoms with Crippen LogP contribution in [0.1, 0.15) is 42.5 Å². The lowest BCUT2D eigenvalue weighted by atomic mass is 10.2. The van der Waals surface area contributed by atoms with Crippen LogP contribution in [0.25, 0.3) is 0 Å². The molecule has 0 spiro atoms. The molecular formula is C14H25IN4S. The lowest BCUT2D eigenvalue weighted by Crippen LogP contribution is -2.42. The van der Waals surface area contributed by atoms with Crippen molar-refractivity contribution in [3.63, 3.8) is 0 Å². The molecule has 1 aromatic heterocycles. The zero-order valence-corrected chi connectivity index (χ0v) is 15.5. The smallest absolute Gasteiger partial charge is 0.191 e. The Balaban J connectivity index is 0.00000200. The highest BCUT2D eigenvalue weighted by Gasteiger charge is 2.15. The largest absolute Gasteiger partial charge is 0.357 e. The summed E-state index contributed by atoms with van der Waals surface area (Å²) in [5.41, 5.74) is 0. The standard InChI is InChI=1S/C14H24N4S.HI/c1-3-15-14(18-12-6-4-5-7-12)16-9-8-13-17-10-11(2)19-13;/h10,12H,3-9H2,1-2H3,(H2,15,16,18);1H. The predicted molar refractivity (Wildman–Crippen MR) is 97.3 cm³/mol. The fraction of sp³-hybridized carbons (Fsp3) is 0.714. The molecule has 0 radical (unpaired) electrons. The van der Waals surface area contributed by atoms with Crippen molar-refractivity contribution in [1.82, 2.24) is 15.6 Å². The van der Waals surface area contributed by atoms with Gasteiger partial charge in [-0.2, -0.15) is 0 Å². The van der Waals surface area contributed by atoms with E-state index in [1.54, 1.807) is 11.3 Å². The van der Waals surface area contributed by atoms with Crippen molar-refractivity contribution < 1.29 is 0 Å². The second-order valence-corrected chi connectivity index (χ2v) is 6.32.